The molecule has 0 aliphatic carbocycles. The second-order valence-electron chi connectivity index (χ2n) is 9.11. The number of hydrogen-bond donors (Lipinski definition) is 1. The molecule has 6 heterocycles. The van der Waals surface area contributed by atoms with Gasteiger partial charge in [-0.3, -0.25) is 0 Å². The van der Waals surface area contributed by atoms with E-state index in [0.29, 0.717) is 29.3 Å². The van der Waals surface area contributed by atoms with Crippen molar-refractivity contribution in [1.29, 1.82) is 5.26 Å². The van der Waals surface area contributed by atoms with Crippen LogP contribution < -0.4 is 10.2 Å². The number of aromatic nitrogens is 4. The third-order valence-corrected chi connectivity index (χ3v) is 7.93. The highest BCUT2D eigenvalue weighted by Crippen LogP contribution is 2.34. The number of nitriles is 1. The first-order chi connectivity index (χ1) is 15.6. The number of aryl methyl sites for hydroxylation is 1. The van der Waals surface area contributed by atoms with Crippen molar-refractivity contribution in [1.82, 2.24) is 24.7 Å². The number of rotatable bonds is 3. The molecule has 2 aliphatic heterocycles. The zero-order valence-electron chi connectivity index (χ0n) is 18.2. The molecule has 2 fully saturated rings. The summed E-state index contributed by atoms with van der Waals surface area (Å²) in [6, 6.07) is 9.99. The molecular weight excluding hydrogens is 418 g/mol. The molecular formula is C24H25N7S. The Balaban J connectivity index is 1.33. The first kappa shape index (κ1) is 19.6. The van der Waals surface area contributed by atoms with E-state index in [0.717, 1.165) is 32.4 Å². The highest BCUT2D eigenvalue weighted by atomic mass is 32.1. The fourth-order valence-electron chi connectivity index (χ4n) is 5.27. The lowest BCUT2D eigenvalue weighted by atomic mass is 9.83. The highest BCUT2D eigenvalue weighted by molar-refractivity contribution is 7.21. The molecule has 0 radical (unpaired) electrons. The first-order valence-corrected chi connectivity index (χ1v) is 12.1. The van der Waals surface area contributed by atoms with E-state index in [-0.39, 0.29) is 0 Å². The number of imidazole rings is 1. The lowest BCUT2D eigenvalue weighted by Crippen LogP contribution is -2.54. The number of nitrogens with one attached hydrogen (secondary N) is 1. The van der Waals surface area contributed by atoms with Crippen molar-refractivity contribution in [3.8, 4) is 17.3 Å². The van der Waals surface area contributed by atoms with Gasteiger partial charge in [0.25, 0.3) is 0 Å². The van der Waals surface area contributed by atoms with Crippen molar-refractivity contribution in [2.45, 2.75) is 57.2 Å². The van der Waals surface area contributed by atoms with Crippen LogP contribution in [0, 0.1) is 18.3 Å². The van der Waals surface area contributed by atoms with Gasteiger partial charge in [-0.15, -0.1) is 0 Å². The van der Waals surface area contributed by atoms with Gasteiger partial charge in [0.1, 0.15) is 16.4 Å². The van der Waals surface area contributed by atoms with Gasteiger partial charge in [-0.05, 0) is 50.8 Å². The Morgan fingerprint density at radius 1 is 1.16 bits per heavy atom. The minimum atomic E-state index is 0.525. The molecule has 7 nitrogen and oxygen atoms in total. The molecule has 0 spiro atoms. The first-order valence-electron chi connectivity index (χ1n) is 11.2. The molecule has 8 heteroatoms. The molecule has 3 atom stereocenters. The van der Waals surface area contributed by atoms with Gasteiger partial charge < -0.3 is 14.6 Å². The summed E-state index contributed by atoms with van der Waals surface area (Å²) in [5, 5.41) is 14.4. The van der Waals surface area contributed by atoms with Crippen LogP contribution in [0.25, 0.3) is 27.3 Å². The van der Waals surface area contributed by atoms with E-state index in [1.54, 1.807) is 11.3 Å². The fourth-order valence-corrected chi connectivity index (χ4v) is 6.24. The van der Waals surface area contributed by atoms with E-state index in [9.17, 15) is 5.26 Å². The van der Waals surface area contributed by atoms with Gasteiger partial charge in [0.05, 0.1) is 17.0 Å². The standard InChI is InChI=1S/C24H25N7S/c1-14-12-31-13-16(8-15(11-25)22(31)26-14)20-6-7-21-23(28-20)32-24(29-21)30(2)19-9-17-4-3-5-18(10-19)27-17/h6-8,12-13,17-19,27H,3-5,9-10H2,1-2H3/t17-,18+,19-. The minimum absolute atomic E-state index is 0.525. The highest BCUT2D eigenvalue weighted by Gasteiger charge is 2.33. The van der Waals surface area contributed by atoms with Gasteiger partial charge in [-0.2, -0.15) is 5.26 Å². The summed E-state index contributed by atoms with van der Waals surface area (Å²) in [6.07, 6.45) is 10.2. The van der Waals surface area contributed by atoms with E-state index in [1.807, 2.05) is 41.9 Å². The molecule has 32 heavy (non-hydrogen) atoms. The smallest absolute Gasteiger partial charge is 0.187 e. The Bertz CT molecular complexity index is 1350. The molecule has 0 aromatic carbocycles. The van der Waals surface area contributed by atoms with E-state index in [1.165, 1.54) is 32.1 Å². The number of pyridine rings is 2. The number of thiazole rings is 1. The summed E-state index contributed by atoms with van der Waals surface area (Å²) in [7, 11) is 2.18. The second-order valence-corrected chi connectivity index (χ2v) is 10.1. The molecule has 2 aliphatic rings. The van der Waals surface area contributed by atoms with Crippen LogP contribution >= 0.6 is 11.3 Å². The van der Waals surface area contributed by atoms with Gasteiger partial charge in [-0.25, -0.2) is 15.0 Å². The Labute approximate surface area is 190 Å². The predicted molar refractivity (Wildman–Crippen MR) is 127 cm³/mol. The van der Waals surface area contributed by atoms with Crippen LogP contribution in [0.4, 0.5) is 5.13 Å². The number of piperidine rings is 2. The summed E-state index contributed by atoms with van der Waals surface area (Å²) >= 11 is 1.65. The van der Waals surface area contributed by atoms with Crippen molar-refractivity contribution in [3.05, 3.63) is 41.9 Å². The van der Waals surface area contributed by atoms with Gasteiger partial charge in [0.15, 0.2) is 10.8 Å². The summed E-state index contributed by atoms with van der Waals surface area (Å²) in [6.45, 7) is 1.93. The second kappa shape index (κ2) is 7.54. The van der Waals surface area contributed by atoms with Crippen LogP contribution in [0.3, 0.4) is 0 Å². The third-order valence-electron chi connectivity index (χ3n) is 6.87. The maximum absolute atomic E-state index is 9.59. The molecule has 6 rings (SSSR count). The van der Waals surface area contributed by atoms with Crippen LogP contribution in [0.1, 0.15) is 43.4 Å². The van der Waals surface area contributed by atoms with Crippen molar-refractivity contribution in [2.24, 2.45) is 0 Å². The Morgan fingerprint density at radius 2 is 1.97 bits per heavy atom. The fraction of sp³-hybridized carbons (Fsp3) is 0.417. The van der Waals surface area contributed by atoms with Crippen molar-refractivity contribution in [3.63, 3.8) is 0 Å². The predicted octanol–water partition coefficient (Wildman–Crippen LogP) is 4.30. The molecule has 4 aromatic heterocycles. The molecule has 2 saturated heterocycles. The summed E-state index contributed by atoms with van der Waals surface area (Å²) in [4.78, 5) is 17.6. The summed E-state index contributed by atoms with van der Waals surface area (Å²) in [5.41, 5.74) is 4.80. The number of anilines is 1. The number of hydrogen-bond acceptors (Lipinski definition) is 7. The third kappa shape index (κ3) is 3.33. The van der Waals surface area contributed by atoms with E-state index >= 15 is 0 Å². The average Bonchev–Trinajstić information content (AvgIpc) is 3.39. The Hall–Kier alpha value is -3.02. The van der Waals surface area contributed by atoms with Gasteiger partial charge in [0, 0.05) is 43.1 Å². The van der Waals surface area contributed by atoms with Crippen molar-refractivity contribution < 1.29 is 0 Å². The summed E-state index contributed by atoms with van der Waals surface area (Å²) in [5.74, 6) is 0. The normalized spacial score (nSPS) is 22.8. The lowest BCUT2D eigenvalue weighted by molar-refractivity contribution is 0.219. The monoisotopic (exact) mass is 443 g/mol. The molecule has 4 aromatic rings. The van der Waals surface area contributed by atoms with Gasteiger partial charge in [0.2, 0.25) is 0 Å². The van der Waals surface area contributed by atoms with Crippen LogP contribution in [-0.2, 0) is 0 Å². The minimum Gasteiger partial charge on any atom is -0.348 e. The molecule has 0 saturated carbocycles. The number of nitrogens with zero attached hydrogens (tertiary/aromatic N) is 6. The molecule has 0 unspecified atom stereocenters. The Morgan fingerprint density at radius 3 is 2.75 bits per heavy atom. The topological polar surface area (TPSA) is 82.1 Å². The van der Waals surface area contributed by atoms with Crippen LogP contribution in [-0.4, -0.2) is 44.5 Å². The van der Waals surface area contributed by atoms with E-state index in [4.69, 9.17) is 9.97 Å². The Kier molecular flexibility index (Phi) is 4.63. The van der Waals surface area contributed by atoms with E-state index in [2.05, 4.69) is 28.3 Å². The van der Waals surface area contributed by atoms with Crippen LogP contribution in [0.2, 0.25) is 0 Å². The molecule has 1 N–H and O–H groups in total. The zero-order chi connectivity index (χ0) is 21.8. The van der Waals surface area contributed by atoms with E-state index < -0.39 is 0 Å². The SMILES string of the molecule is Cc1cn2cc(-c3ccc4nc(N(C)[C@@H]5C[C@H]6CCC[C@@H](C5)N6)sc4n3)cc(C#N)c2n1. The maximum Gasteiger partial charge on any atom is 0.187 e. The van der Waals surface area contributed by atoms with Crippen molar-refractivity contribution >= 4 is 32.5 Å². The maximum atomic E-state index is 9.59. The molecule has 0 amide bonds. The van der Waals surface area contributed by atoms with Crippen molar-refractivity contribution in [2.75, 3.05) is 11.9 Å². The molecule has 162 valence electrons. The van der Waals surface area contributed by atoms with Crippen LogP contribution in [0.15, 0.2) is 30.6 Å². The number of fused-ring (bicyclic) bond motifs is 4. The van der Waals surface area contributed by atoms with Crippen LogP contribution in [0.5, 0.6) is 0 Å². The lowest BCUT2D eigenvalue weighted by Gasteiger charge is -2.43. The largest absolute Gasteiger partial charge is 0.348 e. The zero-order valence-corrected chi connectivity index (χ0v) is 19.1. The van der Waals surface area contributed by atoms with Gasteiger partial charge >= 0.3 is 0 Å². The molecule has 2 bridgehead atoms. The van der Waals surface area contributed by atoms with Gasteiger partial charge in [-0.1, -0.05) is 17.8 Å². The summed E-state index contributed by atoms with van der Waals surface area (Å²) < 4.78 is 1.91. The average molecular weight is 444 g/mol. The quantitative estimate of drug-likeness (QED) is 0.509.